The van der Waals surface area contributed by atoms with Crippen LogP contribution in [0.25, 0.3) is 0 Å². The van der Waals surface area contributed by atoms with Crippen molar-refractivity contribution in [2.24, 2.45) is 0 Å². The van der Waals surface area contributed by atoms with Crippen LogP contribution in [0.4, 0.5) is 16.5 Å². The Labute approximate surface area is 155 Å². The topological polar surface area (TPSA) is 101 Å². The molecular weight excluding hydrogens is 354 g/mol. The first kappa shape index (κ1) is 18.2. The standard InChI is InChI=1S/C17H21N5O3S/c1-2-3-6-15-19-20-17(26-15)18-16(23)12-7-8-13(14(11-12)22(24)25)21-9-4-5-10-21/h7-8,11H,2-6,9-10H2,1H3,(H,18,20,23). The highest BCUT2D eigenvalue weighted by atomic mass is 32.1. The first-order valence-corrected chi connectivity index (χ1v) is 9.57. The monoisotopic (exact) mass is 375 g/mol. The van der Waals surface area contributed by atoms with Gasteiger partial charge in [0.15, 0.2) is 0 Å². The molecule has 2 aromatic rings. The molecule has 1 N–H and O–H groups in total. The van der Waals surface area contributed by atoms with Crippen LogP contribution in [-0.4, -0.2) is 34.1 Å². The van der Waals surface area contributed by atoms with Crippen molar-refractivity contribution in [1.29, 1.82) is 0 Å². The Bertz CT molecular complexity index is 801. The van der Waals surface area contributed by atoms with Gasteiger partial charge in [0, 0.05) is 31.1 Å². The number of carbonyl (C=O) groups excluding carboxylic acids is 1. The smallest absolute Gasteiger partial charge is 0.293 e. The van der Waals surface area contributed by atoms with Crippen molar-refractivity contribution in [1.82, 2.24) is 10.2 Å². The molecule has 1 aliphatic heterocycles. The van der Waals surface area contributed by atoms with Crippen molar-refractivity contribution >= 4 is 33.8 Å². The van der Waals surface area contributed by atoms with Crippen molar-refractivity contribution in [3.05, 3.63) is 38.9 Å². The van der Waals surface area contributed by atoms with Crippen LogP contribution in [0, 0.1) is 10.1 Å². The van der Waals surface area contributed by atoms with Gasteiger partial charge in [-0.2, -0.15) is 0 Å². The Morgan fingerprint density at radius 2 is 2.12 bits per heavy atom. The third-order valence-electron chi connectivity index (χ3n) is 4.31. The van der Waals surface area contributed by atoms with Gasteiger partial charge in [-0.25, -0.2) is 0 Å². The maximum Gasteiger partial charge on any atom is 0.293 e. The Morgan fingerprint density at radius 3 is 2.81 bits per heavy atom. The molecule has 9 heteroatoms. The summed E-state index contributed by atoms with van der Waals surface area (Å²) in [5, 5.41) is 23.4. The van der Waals surface area contributed by atoms with Gasteiger partial charge in [0.05, 0.1) is 4.92 Å². The van der Waals surface area contributed by atoms with Gasteiger partial charge in [-0.1, -0.05) is 24.7 Å². The highest BCUT2D eigenvalue weighted by Crippen LogP contribution is 2.32. The summed E-state index contributed by atoms with van der Waals surface area (Å²) < 4.78 is 0. The highest BCUT2D eigenvalue weighted by molar-refractivity contribution is 7.15. The minimum absolute atomic E-state index is 0.0413. The number of unbranched alkanes of at least 4 members (excludes halogenated alkanes) is 1. The van der Waals surface area contributed by atoms with Crippen LogP contribution in [0.1, 0.15) is 48.0 Å². The van der Waals surface area contributed by atoms with Gasteiger partial charge in [0.25, 0.3) is 11.6 Å². The number of anilines is 2. The van der Waals surface area contributed by atoms with Crippen molar-refractivity contribution < 1.29 is 9.72 Å². The highest BCUT2D eigenvalue weighted by Gasteiger charge is 2.24. The van der Waals surface area contributed by atoms with Gasteiger partial charge >= 0.3 is 0 Å². The molecule has 0 unspecified atom stereocenters. The molecule has 1 aromatic heterocycles. The number of hydrogen-bond donors (Lipinski definition) is 1. The summed E-state index contributed by atoms with van der Waals surface area (Å²) in [5.41, 5.74) is 0.771. The number of hydrogen-bond acceptors (Lipinski definition) is 7. The summed E-state index contributed by atoms with van der Waals surface area (Å²) in [6.07, 6.45) is 4.97. The van der Waals surface area contributed by atoms with E-state index in [0.717, 1.165) is 50.2 Å². The number of rotatable bonds is 7. The Balaban J connectivity index is 1.75. The number of benzene rings is 1. The lowest BCUT2D eigenvalue weighted by atomic mass is 10.1. The van der Waals surface area contributed by atoms with Gasteiger partial charge in [0.2, 0.25) is 5.13 Å². The molecule has 1 amide bonds. The van der Waals surface area contributed by atoms with Crippen molar-refractivity contribution in [3.8, 4) is 0 Å². The second kappa shape index (κ2) is 8.22. The molecule has 1 fully saturated rings. The zero-order valence-electron chi connectivity index (χ0n) is 14.6. The summed E-state index contributed by atoms with van der Waals surface area (Å²) in [7, 11) is 0. The van der Waals surface area contributed by atoms with Crippen LogP contribution < -0.4 is 10.2 Å². The summed E-state index contributed by atoms with van der Waals surface area (Å²) in [4.78, 5) is 25.4. The van der Waals surface area contributed by atoms with E-state index in [1.807, 2.05) is 4.90 Å². The van der Waals surface area contributed by atoms with E-state index in [1.54, 1.807) is 12.1 Å². The normalized spacial score (nSPS) is 13.8. The molecule has 0 aliphatic carbocycles. The minimum Gasteiger partial charge on any atom is -0.366 e. The second-order valence-electron chi connectivity index (χ2n) is 6.21. The largest absolute Gasteiger partial charge is 0.366 e. The van der Waals surface area contributed by atoms with Crippen molar-refractivity contribution in [3.63, 3.8) is 0 Å². The molecule has 1 aromatic carbocycles. The first-order chi connectivity index (χ1) is 12.6. The number of aromatic nitrogens is 2. The second-order valence-corrected chi connectivity index (χ2v) is 7.28. The number of nitrogens with one attached hydrogen (secondary N) is 1. The van der Waals surface area contributed by atoms with E-state index in [-0.39, 0.29) is 11.3 Å². The van der Waals surface area contributed by atoms with E-state index in [0.29, 0.717) is 10.8 Å². The molecule has 8 nitrogen and oxygen atoms in total. The van der Waals surface area contributed by atoms with Crippen LogP contribution in [-0.2, 0) is 6.42 Å². The third-order valence-corrected chi connectivity index (χ3v) is 5.21. The molecule has 0 bridgehead atoms. The fraction of sp³-hybridized carbons (Fsp3) is 0.471. The number of carbonyl (C=O) groups is 1. The maximum atomic E-state index is 12.4. The summed E-state index contributed by atoms with van der Waals surface area (Å²) in [6, 6.07) is 4.61. The quantitative estimate of drug-likeness (QED) is 0.585. The molecule has 0 atom stereocenters. The van der Waals surface area contributed by atoms with E-state index in [1.165, 1.54) is 17.4 Å². The van der Waals surface area contributed by atoms with Crippen molar-refractivity contribution in [2.45, 2.75) is 39.0 Å². The molecular formula is C17H21N5O3S. The predicted molar refractivity (Wildman–Crippen MR) is 101 cm³/mol. The van der Waals surface area contributed by atoms with E-state index in [2.05, 4.69) is 22.4 Å². The molecule has 0 saturated carbocycles. The van der Waals surface area contributed by atoms with Gasteiger partial charge < -0.3 is 4.90 Å². The summed E-state index contributed by atoms with van der Waals surface area (Å²) in [6.45, 7) is 3.71. The van der Waals surface area contributed by atoms with Crippen LogP contribution in [0.3, 0.4) is 0 Å². The lowest BCUT2D eigenvalue weighted by Gasteiger charge is -2.17. The summed E-state index contributed by atoms with van der Waals surface area (Å²) in [5.74, 6) is -0.417. The average Bonchev–Trinajstić information content (AvgIpc) is 3.31. The molecule has 1 aliphatic rings. The van der Waals surface area contributed by atoms with Crippen molar-refractivity contribution in [2.75, 3.05) is 23.3 Å². The minimum atomic E-state index is -0.432. The number of amides is 1. The lowest BCUT2D eigenvalue weighted by molar-refractivity contribution is -0.384. The van der Waals surface area contributed by atoms with Crippen LogP contribution in [0.2, 0.25) is 0 Å². The van der Waals surface area contributed by atoms with Gasteiger partial charge in [-0.3, -0.25) is 20.2 Å². The van der Waals surface area contributed by atoms with Gasteiger partial charge in [0.1, 0.15) is 10.7 Å². The summed E-state index contributed by atoms with van der Waals surface area (Å²) >= 11 is 1.33. The number of nitro benzene ring substituents is 1. The van der Waals surface area contributed by atoms with E-state index < -0.39 is 10.8 Å². The van der Waals surface area contributed by atoms with Crippen LogP contribution in [0.5, 0.6) is 0 Å². The Hall–Kier alpha value is -2.55. The van der Waals surface area contributed by atoms with Crippen LogP contribution >= 0.6 is 11.3 Å². The Kier molecular flexibility index (Phi) is 5.77. The Morgan fingerprint density at radius 1 is 1.35 bits per heavy atom. The van der Waals surface area contributed by atoms with E-state index in [4.69, 9.17) is 0 Å². The lowest BCUT2D eigenvalue weighted by Crippen LogP contribution is -2.19. The molecule has 0 radical (unpaired) electrons. The predicted octanol–water partition coefficient (Wildman–Crippen LogP) is 3.64. The fourth-order valence-electron chi connectivity index (χ4n) is 2.94. The average molecular weight is 375 g/mol. The van der Waals surface area contributed by atoms with Crippen LogP contribution in [0.15, 0.2) is 18.2 Å². The van der Waals surface area contributed by atoms with Gasteiger partial charge in [-0.15, -0.1) is 10.2 Å². The number of nitro groups is 1. The third kappa shape index (κ3) is 4.16. The molecule has 26 heavy (non-hydrogen) atoms. The zero-order valence-corrected chi connectivity index (χ0v) is 15.4. The number of aryl methyl sites for hydroxylation is 1. The maximum absolute atomic E-state index is 12.4. The molecule has 138 valence electrons. The SMILES string of the molecule is CCCCc1nnc(NC(=O)c2ccc(N3CCCC3)c([N+](=O)[O-])c2)s1. The first-order valence-electron chi connectivity index (χ1n) is 8.75. The zero-order chi connectivity index (χ0) is 18.5. The van der Waals surface area contributed by atoms with Gasteiger partial charge in [-0.05, 0) is 31.4 Å². The molecule has 0 spiro atoms. The van der Waals surface area contributed by atoms with E-state index >= 15 is 0 Å². The fourth-order valence-corrected chi connectivity index (χ4v) is 3.72. The van der Waals surface area contributed by atoms with E-state index in [9.17, 15) is 14.9 Å². The molecule has 1 saturated heterocycles. The number of nitrogens with zero attached hydrogens (tertiary/aromatic N) is 4. The molecule has 3 rings (SSSR count). The molecule has 2 heterocycles.